The molecule has 2 N–H and O–H groups in total. The Kier molecular flexibility index (Phi) is 6.59. The average molecular weight is 445 g/mol. The largest absolute Gasteiger partial charge is 0.496 e. The van der Waals surface area contributed by atoms with E-state index in [4.69, 9.17) is 15.2 Å². The van der Waals surface area contributed by atoms with Crippen LogP contribution in [0.15, 0.2) is 33.9 Å². The van der Waals surface area contributed by atoms with E-state index < -0.39 is 29.7 Å². The number of hydrogen-bond acceptors (Lipinski definition) is 7. The van der Waals surface area contributed by atoms with Crippen molar-refractivity contribution >= 4 is 33.4 Å². The summed E-state index contributed by atoms with van der Waals surface area (Å²) in [5.74, 6) is -0.703. The summed E-state index contributed by atoms with van der Waals surface area (Å²) in [4.78, 5) is 50.6. The van der Waals surface area contributed by atoms with Gasteiger partial charge in [-0.1, -0.05) is 18.2 Å². The van der Waals surface area contributed by atoms with Gasteiger partial charge in [-0.05, 0) is 37.5 Å². The quantitative estimate of drug-likeness (QED) is 0.524. The molecule has 0 aliphatic heterocycles. The lowest BCUT2D eigenvalue weighted by molar-refractivity contribution is -0.118. The first-order valence-electron chi connectivity index (χ1n) is 9.64. The number of primary amides is 1. The number of nitrogens with two attached hydrogens (primary N) is 1. The fourth-order valence-corrected chi connectivity index (χ4v) is 4.63. The smallest absolute Gasteiger partial charge is 0.348 e. The molecule has 31 heavy (non-hydrogen) atoms. The Hall–Kier alpha value is -3.40. The number of rotatable bonds is 8. The number of carbonyl (C=O) groups excluding carboxylic acids is 2. The second-order valence-corrected chi connectivity index (χ2v) is 7.81. The summed E-state index contributed by atoms with van der Waals surface area (Å²) in [5.41, 5.74) is 5.22. The van der Waals surface area contributed by atoms with E-state index in [1.807, 2.05) is 24.3 Å². The van der Waals surface area contributed by atoms with Crippen LogP contribution in [-0.4, -0.2) is 34.7 Å². The number of fused-ring (bicyclic) bond motifs is 1. The van der Waals surface area contributed by atoms with Gasteiger partial charge in [-0.2, -0.15) is 0 Å². The lowest BCUT2D eigenvalue weighted by Gasteiger charge is -2.13. The fourth-order valence-electron chi connectivity index (χ4n) is 3.42. The van der Waals surface area contributed by atoms with Crippen LogP contribution in [0.4, 0.5) is 0 Å². The molecule has 1 amide bonds. The number of thiophene rings is 1. The molecule has 0 bridgehead atoms. The zero-order chi connectivity index (χ0) is 22.7. The van der Waals surface area contributed by atoms with E-state index in [0.717, 1.165) is 21.5 Å². The Morgan fingerprint density at radius 3 is 2.52 bits per heavy atom. The van der Waals surface area contributed by atoms with Crippen molar-refractivity contribution in [1.29, 1.82) is 0 Å². The average Bonchev–Trinajstić information content (AvgIpc) is 3.08. The number of para-hydroxylation sites is 1. The monoisotopic (exact) mass is 445 g/mol. The predicted molar refractivity (Wildman–Crippen MR) is 117 cm³/mol. The third kappa shape index (κ3) is 4.24. The Balaban J connectivity index is 2.21. The van der Waals surface area contributed by atoms with Gasteiger partial charge in [0, 0.05) is 6.54 Å². The minimum absolute atomic E-state index is 0.180. The first-order valence-corrected chi connectivity index (χ1v) is 10.5. The van der Waals surface area contributed by atoms with Crippen molar-refractivity contribution in [3.63, 3.8) is 0 Å². The third-order valence-electron chi connectivity index (χ3n) is 4.87. The van der Waals surface area contributed by atoms with Crippen molar-refractivity contribution in [1.82, 2.24) is 9.13 Å². The molecule has 2 aromatic heterocycles. The molecule has 0 saturated carbocycles. The molecule has 164 valence electrons. The van der Waals surface area contributed by atoms with Gasteiger partial charge in [0.2, 0.25) is 5.91 Å². The highest BCUT2D eigenvalue weighted by Gasteiger charge is 2.24. The van der Waals surface area contributed by atoms with Crippen LogP contribution in [0.5, 0.6) is 5.75 Å². The van der Waals surface area contributed by atoms with Crippen molar-refractivity contribution < 1.29 is 19.1 Å². The summed E-state index contributed by atoms with van der Waals surface area (Å²) in [6, 6.07) is 7.40. The standard InChI is InChI=1S/C21H23N3O6S/c1-4-30-20(27)17-12(2)16-18(26)24(11-15(22)25)21(28)23(19(16)31-17)10-9-13-7-5-6-8-14(13)29-3/h5-8H,4,9-11H2,1-3H3,(H2,22,25). The minimum atomic E-state index is -0.812. The van der Waals surface area contributed by atoms with Crippen LogP contribution < -0.4 is 21.7 Å². The van der Waals surface area contributed by atoms with Crippen molar-refractivity contribution in [2.24, 2.45) is 5.73 Å². The van der Waals surface area contributed by atoms with E-state index in [1.54, 1.807) is 21.0 Å². The fraction of sp³-hybridized carbons (Fsp3) is 0.333. The van der Waals surface area contributed by atoms with Gasteiger partial charge in [-0.25, -0.2) is 9.59 Å². The number of amides is 1. The van der Waals surface area contributed by atoms with Crippen LogP contribution in [0, 0.1) is 6.92 Å². The highest BCUT2D eigenvalue weighted by molar-refractivity contribution is 7.20. The molecule has 3 aromatic rings. The van der Waals surface area contributed by atoms with Gasteiger partial charge in [0.1, 0.15) is 22.0 Å². The molecule has 9 nitrogen and oxygen atoms in total. The maximum atomic E-state index is 13.1. The molecule has 0 saturated heterocycles. The summed E-state index contributed by atoms with van der Waals surface area (Å²) in [6.45, 7) is 3.14. The highest BCUT2D eigenvalue weighted by atomic mass is 32.1. The van der Waals surface area contributed by atoms with Crippen molar-refractivity contribution in [3.8, 4) is 5.75 Å². The third-order valence-corrected chi connectivity index (χ3v) is 6.16. The SMILES string of the molecule is CCOC(=O)c1sc2c(c1C)c(=O)n(CC(N)=O)c(=O)n2CCc1ccccc1OC. The molecule has 0 fully saturated rings. The maximum Gasteiger partial charge on any atom is 0.348 e. The molecule has 10 heteroatoms. The predicted octanol–water partition coefficient (Wildman–Crippen LogP) is 1.45. The molecule has 0 unspecified atom stereocenters. The zero-order valence-electron chi connectivity index (χ0n) is 17.5. The van der Waals surface area contributed by atoms with E-state index >= 15 is 0 Å². The normalized spacial score (nSPS) is 10.9. The molecule has 0 atom stereocenters. The van der Waals surface area contributed by atoms with Crippen LogP contribution in [0.25, 0.3) is 10.2 Å². The number of methoxy groups -OCH3 is 1. The summed E-state index contributed by atoms with van der Waals surface area (Å²) in [6.07, 6.45) is 0.430. The van der Waals surface area contributed by atoms with Gasteiger partial charge in [0.25, 0.3) is 5.56 Å². The van der Waals surface area contributed by atoms with E-state index in [2.05, 4.69) is 0 Å². The number of nitrogens with zero attached hydrogens (tertiary/aromatic N) is 2. The Morgan fingerprint density at radius 2 is 1.87 bits per heavy atom. The molecule has 0 aliphatic rings. The number of esters is 1. The second kappa shape index (κ2) is 9.17. The highest BCUT2D eigenvalue weighted by Crippen LogP contribution is 2.29. The van der Waals surface area contributed by atoms with Crippen LogP contribution >= 0.6 is 11.3 Å². The van der Waals surface area contributed by atoms with E-state index in [-0.39, 0.29) is 23.4 Å². The lowest BCUT2D eigenvalue weighted by Crippen LogP contribution is -2.42. The van der Waals surface area contributed by atoms with Gasteiger partial charge in [-0.15, -0.1) is 11.3 Å². The van der Waals surface area contributed by atoms with Gasteiger partial charge < -0.3 is 15.2 Å². The van der Waals surface area contributed by atoms with Gasteiger partial charge in [0.05, 0.1) is 19.1 Å². The molecule has 0 spiro atoms. The molecule has 1 aromatic carbocycles. The molecular formula is C21H23N3O6S. The molecule has 0 radical (unpaired) electrons. The summed E-state index contributed by atoms with van der Waals surface area (Å²) < 4.78 is 12.7. The molecule has 2 heterocycles. The number of aryl methyl sites for hydroxylation is 3. The number of benzene rings is 1. The summed E-state index contributed by atoms with van der Waals surface area (Å²) in [7, 11) is 1.56. The summed E-state index contributed by atoms with van der Waals surface area (Å²) in [5, 5.41) is 0.203. The van der Waals surface area contributed by atoms with Gasteiger partial charge in [0.15, 0.2) is 0 Å². The van der Waals surface area contributed by atoms with Crippen molar-refractivity contribution in [2.45, 2.75) is 33.4 Å². The van der Waals surface area contributed by atoms with Crippen LogP contribution in [0.2, 0.25) is 0 Å². The Bertz CT molecular complexity index is 1270. The Labute approximate surface area is 181 Å². The van der Waals surface area contributed by atoms with Crippen LogP contribution in [-0.2, 0) is 29.0 Å². The molecule has 3 rings (SSSR count). The molecule has 0 aliphatic carbocycles. The first-order chi connectivity index (χ1) is 14.8. The number of hydrogen-bond donors (Lipinski definition) is 1. The maximum absolute atomic E-state index is 13.1. The topological polar surface area (TPSA) is 123 Å². The second-order valence-electron chi connectivity index (χ2n) is 6.81. The van der Waals surface area contributed by atoms with Gasteiger partial charge >= 0.3 is 11.7 Å². The molecular weight excluding hydrogens is 422 g/mol. The van der Waals surface area contributed by atoms with E-state index in [1.165, 1.54) is 4.57 Å². The van der Waals surface area contributed by atoms with Crippen molar-refractivity contribution in [3.05, 3.63) is 61.1 Å². The van der Waals surface area contributed by atoms with E-state index in [9.17, 15) is 19.2 Å². The Morgan fingerprint density at radius 1 is 1.16 bits per heavy atom. The first kappa shape index (κ1) is 22.3. The number of ether oxygens (including phenoxy) is 2. The zero-order valence-corrected chi connectivity index (χ0v) is 18.3. The summed E-state index contributed by atoms with van der Waals surface area (Å²) >= 11 is 1.03. The van der Waals surface area contributed by atoms with Gasteiger partial charge in [-0.3, -0.25) is 18.7 Å². The minimum Gasteiger partial charge on any atom is -0.496 e. The number of carbonyl (C=O) groups is 2. The van der Waals surface area contributed by atoms with Crippen LogP contribution in [0.3, 0.4) is 0 Å². The lowest BCUT2D eigenvalue weighted by atomic mass is 10.1. The number of aromatic nitrogens is 2. The van der Waals surface area contributed by atoms with Crippen LogP contribution in [0.1, 0.15) is 27.7 Å². The van der Waals surface area contributed by atoms with Crippen molar-refractivity contribution in [2.75, 3.05) is 13.7 Å². The van der Waals surface area contributed by atoms with E-state index in [0.29, 0.717) is 22.6 Å².